The second-order valence-electron chi connectivity index (χ2n) is 4.79. The lowest BCUT2D eigenvalue weighted by atomic mass is 10.0. The Morgan fingerprint density at radius 1 is 1.36 bits per heavy atom. The fraction of sp³-hybridized carbons (Fsp3) is 0.909. The molecule has 0 bridgehead atoms. The summed E-state index contributed by atoms with van der Waals surface area (Å²) in [5, 5.41) is 3.07. The van der Waals surface area contributed by atoms with Crippen molar-refractivity contribution < 1.29 is 4.79 Å². The number of likely N-dealkylation sites (N-methyl/N-ethyl adjacent to an activating group) is 2. The molecule has 0 aromatic heterocycles. The smallest absolute Gasteiger partial charge is 0.225 e. The Morgan fingerprint density at radius 3 is 2.57 bits per heavy atom. The number of carbonyl (C=O) groups is 1. The number of fused-ring (bicyclic) bond motifs is 1. The van der Waals surface area contributed by atoms with Crippen LogP contribution in [-0.4, -0.2) is 38.0 Å². The minimum Gasteiger partial charge on any atom is -0.344 e. The minimum absolute atomic E-state index is 0.348. The molecule has 2 saturated carbocycles. The fourth-order valence-electron chi connectivity index (χ4n) is 2.62. The molecule has 80 valence electrons. The lowest BCUT2D eigenvalue weighted by Crippen LogP contribution is -2.36. The molecule has 3 heteroatoms. The first-order chi connectivity index (χ1) is 6.72. The van der Waals surface area contributed by atoms with Gasteiger partial charge in [-0.2, -0.15) is 0 Å². The molecule has 1 amide bonds. The largest absolute Gasteiger partial charge is 0.344 e. The quantitative estimate of drug-likeness (QED) is 0.718. The first-order valence-electron chi connectivity index (χ1n) is 5.62. The zero-order valence-corrected chi connectivity index (χ0v) is 9.12. The first kappa shape index (κ1) is 9.97. The maximum absolute atomic E-state index is 11.9. The molecule has 2 aliphatic rings. The van der Waals surface area contributed by atoms with Crippen molar-refractivity contribution in [2.75, 3.05) is 27.2 Å². The van der Waals surface area contributed by atoms with Crippen molar-refractivity contribution in [3.05, 3.63) is 0 Å². The van der Waals surface area contributed by atoms with E-state index in [0.717, 1.165) is 37.8 Å². The van der Waals surface area contributed by atoms with Gasteiger partial charge in [-0.3, -0.25) is 4.79 Å². The van der Waals surface area contributed by atoms with Crippen molar-refractivity contribution in [2.24, 2.45) is 17.8 Å². The highest BCUT2D eigenvalue weighted by molar-refractivity contribution is 5.79. The summed E-state index contributed by atoms with van der Waals surface area (Å²) in [5.74, 6) is 2.52. The summed E-state index contributed by atoms with van der Waals surface area (Å²) in [4.78, 5) is 13.8. The molecule has 0 spiro atoms. The van der Waals surface area contributed by atoms with Gasteiger partial charge in [-0.15, -0.1) is 0 Å². The zero-order chi connectivity index (χ0) is 10.1. The summed E-state index contributed by atoms with van der Waals surface area (Å²) < 4.78 is 0. The Bertz CT molecular complexity index is 219. The monoisotopic (exact) mass is 196 g/mol. The van der Waals surface area contributed by atoms with E-state index in [1.165, 1.54) is 6.42 Å². The maximum Gasteiger partial charge on any atom is 0.225 e. The number of hydrogen-bond donors (Lipinski definition) is 1. The summed E-state index contributed by atoms with van der Waals surface area (Å²) in [6, 6.07) is 0. The van der Waals surface area contributed by atoms with Crippen LogP contribution in [0.2, 0.25) is 0 Å². The van der Waals surface area contributed by atoms with Crippen LogP contribution in [0.15, 0.2) is 0 Å². The Kier molecular flexibility index (Phi) is 2.77. The van der Waals surface area contributed by atoms with E-state index in [1.54, 1.807) is 0 Å². The van der Waals surface area contributed by atoms with Crippen LogP contribution in [0.1, 0.15) is 19.3 Å². The van der Waals surface area contributed by atoms with E-state index in [0.29, 0.717) is 11.8 Å². The number of amides is 1. The molecule has 2 rings (SSSR count). The average molecular weight is 196 g/mol. The molecule has 2 unspecified atom stereocenters. The van der Waals surface area contributed by atoms with Crippen molar-refractivity contribution in [1.82, 2.24) is 10.2 Å². The Labute approximate surface area is 85.8 Å². The molecular formula is C11H20N2O. The second-order valence-corrected chi connectivity index (χ2v) is 4.79. The second kappa shape index (κ2) is 3.89. The van der Waals surface area contributed by atoms with E-state index < -0.39 is 0 Å². The third-order valence-electron chi connectivity index (χ3n) is 3.67. The fourth-order valence-corrected chi connectivity index (χ4v) is 2.62. The maximum atomic E-state index is 11.9. The van der Waals surface area contributed by atoms with Crippen molar-refractivity contribution in [2.45, 2.75) is 19.3 Å². The highest BCUT2D eigenvalue weighted by Gasteiger charge is 2.48. The Balaban J connectivity index is 1.76. The number of nitrogens with zero attached hydrogens (tertiary/aromatic N) is 1. The number of rotatable bonds is 4. The van der Waals surface area contributed by atoms with Crippen molar-refractivity contribution in [3.8, 4) is 0 Å². The van der Waals surface area contributed by atoms with Gasteiger partial charge in [0.25, 0.3) is 0 Å². The minimum atomic E-state index is 0.348. The van der Waals surface area contributed by atoms with E-state index in [1.807, 2.05) is 19.0 Å². The first-order valence-corrected chi connectivity index (χ1v) is 5.62. The highest BCUT2D eigenvalue weighted by Crippen LogP contribution is 2.54. The van der Waals surface area contributed by atoms with Gasteiger partial charge in [-0.1, -0.05) is 0 Å². The van der Waals surface area contributed by atoms with Crippen LogP contribution in [0.4, 0.5) is 0 Å². The summed E-state index contributed by atoms with van der Waals surface area (Å²) in [5.41, 5.74) is 0. The number of hydrogen-bond acceptors (Lipinski definition) is 2. The Hall–Kier alpha value is -0.570. The van der Waals surface area contributed by atoms with Crippen molar-refractivity contribution >= 4 is 5.91 Å². The predicted molar refractivity (Wildman–Crippen MR) is 55.9 cm³/mol. The van der Waals surface area contributed by atoms with E-state index in [-0.39, 0.29) is 0 Å². The van der Waals surface area contributed by atoms with Crippen LogP contribution < -0.4 is 5.32 Å². The molecule has 0 heterocycles. The molecule has 0 aromatic rings. The van der Waals surface area contributed by atoms with Crippen LogP contribution in [0, 0.1) is 17.8 Å². The van der Waals surface area contributed by atoms with Crippen LogP contribution in [0.25, 0.3) is 0 Å². The van der Waals surface area contributed by atoms with Crippen LogP contribution in [0.5, 0.6) is 0 Å². The van der Waals surface area contributed by atoms with Crippen LogP contribution in [0.3, 0.4) is 0 Å². The number of nitrogens with one attached hydrogen (secondary N) is 1. The molecule has 0 aliphatic heterocycles. The molecule has 2 aliphatic carbocycles. The van der Waals surface area contributed by atoms with Crippen molar-refractivity contribution in [3.63, 3.8) is 0 Å². The lowest BCUT2D eigenvalue weighted by Gasteiger charge is -2.21. The topological polar surface area (TPSA) is 32.3 Å². The molecule has 2 atom stereocenters. The average Bonchev–Trinajstić information content (AvgIpc) is 2.81. The van der Waals surface area contributed by atoms with Gasteiger partial charge in [0.2, 0.25) is 5.91 Å². The van der Waals surface area contributed by atoms with Crippen LogP contribution in [-0.2, 0) is 4.79 Å². The molecule has 3 nitrogen and oxygen atoms in total. The van der Waals surface area contributed by atoms with Gasteiger partial charge in [0.15, 0.2) is 0 Å². The van der Waals surface area contributed by atoms with Gasteiger partial charge < -0.3 is 10.2 Å². The number of carbonyl (C=O) groups excluding carboxylic acids is 1. The highest BCUT2D eigenvalue weighted by atomic mass is 16.2. The SMILES string of the molecule is CNCCN(C)C(=O)C1CC2CC2C1. The summed E-state index contributed by atoms with van der Waals surface area (Å²) in [6.07, 6.45) is 3.71. The summed E-state index contributed by atoms with van der Waals surface area (Å²) in [7, 11) is 3.84. The molecule has 0 aromatic carbocycles. The predicted octanol–water partition coefficient (Wildman–Crippen LogP) is 0.710. The zero-order valence-electron chi connectivity index (χ0n) is 9.12. The molecule has 0 saturated heterocycles. The summed E-state index contributed by atoms with van der Waals surface area (Å²) >= 11 is 0. The third kappa shape index (κ3) is 1.92. The molecule has 1 N–H and O–H groups in total. The van der Waals surface area contributed by atoms with E-state index in [2.05, 4.69) is 5.32 Å². The molecular weight excluding hydrogens is 176 g/mol. The van der Waals surface area contributed by atoms with E-state index >= 15 is 0 Å². The van der Waals surface area contributed by atoms with Crippen molar-refractivity contribution in [1.29, 1.82) is 0 Å². The van der Waals surface area contributed by atoms with Gasteiger partial charge in [0, 0.05) is 26.1 Å². The molecule has 0 radical (unpaired) electrons. The van der Waals surface area contributed by atoms with E-state index in [4.69, 9.17) is 0 Å². The molecule has 14 heavy (non-hydrogen) atoms. The van der Waals surface area contributed by atoms with Gasteiger partial charge >= 0.3 is 0 Å². The third-order valence-corrected chi connectivity index (χ3v) is 3.67. The van der Waals surface area contributed by atoms with Gasteiger partial charge in [0.1, 0.15) is 0 Å². The Morgan fingerprint density at radius 2 is 2.00 bits per heavy atom. The molecule has 2 fully saturated rings. The normalized spacial score (nSPS) is 34.0. The van der Waals surface area contributed by atoms with Gasteiger partial charge in [0.05, 0.1) is 0 Å². The van der Waals surface area contributed by atoms with Gasteiger partial charge in [-0.25, -0.2) is 0 Å². The van der Waals surface area contributed by atoms with E-state index in [9.17, 15) is 4.79 Å². The standard InChI is InChI=1S/C11H20N2O/c1-12-3-4-13(2)11(14)10-6-8-5-9(8)7-10/h8-10,12H,3-7H2,1-2H3. The lowest BCUT2D eigenvalue weighted by molar-refractivity contribution is -0.134. The van der Waals surface area contributed by atoms with Crippen LogP contribution >= 0.6 is 0 Å². The summed E-state index contributed by atoms with van der Waals surface area (Å²) in [6.45, 7) is 1.73. The van der Waals surface area contributed by atoms with Gasteiger partial charge in [-0.05, 0) is 38.1 Å².